The van der Waals surface area contributed by atoms with Crippen LogP contribution in [-0.2, 0) is 0 Å². The molecule has 0 saturated heterocycles. The van der Waals surface area contributed by atoms with Crippen LogP contribution in [0.2, 0.25) is 16.6 Å². The SMILES string of the molecule is CCC(CC(C)c1ccc(O[Si](C(C)C)(C(C)C)C(C)C)cc1)c1ccc(N(c2ccccc2)c2ccccc2)cc1. The molecule has 0 amide bonds. The van der Waals surface area contributed by atoms with Gasteiger partial charge in [0.05, 0.1) is 0 Å². The lowest BCUT2D eigenvalue weighted by Gasteiger charge is -2.42. The van der Waals surface area contributed by atoms with Gasteiger partial charge in [-0.05, 0) is 101 Å². The topological polar surface area (TPSA) is 12.5 Å². The third-order valence-electron chi connectivity index (χ3n) is 9.23. The maximum absolute atomic E-state index is 6.92. The predicted molar refractivity (Wildman–Crippen MR) is 185 cm³/mol. The number of anilines is 3. The van der Waals surface area contributed by atoms with E-state index >= 15 is 0 Å². The number of hydrogen-bond acceptors (Lipinski definition) is 2. The smallest absolute Gasteiger partial charge is 0.258 e. The second kappa shape index (κ2) is 14.2. The molecule has 2 atom stereocenters. The molecule has 0 bridgehead atoms. The fraction of sp³-hybridized carbons (Fsp3) is 0.385. The van der Waals surface area contributed by atoms with Crippen molar-refractivity contribution in [2.75, 3.05) is 4.90 Å². The van der Waals surface area contributed by atoms with E-state index in [1.807, 2.05) is 0 Å². The van der Waals surface area contributed by atoms with E-state index in [1.54, 1.807) is 0 Å². The van der Waals surface area contributed by atoms with E-state index in [1.165, 1.54) is 28.2 Å². The zero-order chi connectivity index (χ0) is 30.3. The molecule has 0 aromatic heterocycles. The first-order valence-corrected chi connectivity index (χ1v) is 18.1. The number of para-hydroxylation sites is 2. The quantitative estimate of drug-likeness (QED) is 0.147. The number of nitrogens with zero attached hydrogens (tertiary/aromatic N) is 1. The van der Waals surface area contributed by atoms with Gasteiger partial charge in [0.25, 0.3) is 8.32 Å². The lowest BCUT2D eigenvalue weighted by molar-refractivity contribution is 0.479. The van der Waals surface area contributed by atoms with E-state index in [9.17, 15) is 0 Å². The highest BCUT2D eigenvalue weighted by Crippen LogP contribution is 2.43. The van der Waals surface area contributed by atoms with Gasteiger partial charge in [-0.2, -0.15) is 0 Å². The maximum Gasteiger partial charge on any atom is 0.258 e. The molecule has 2 nitrogen and oxygen atoms in total. The van der Waals surface area contributed by atoms with Crippen LogP contribution in [0.5, 0.6) is 5.75 Å². The van der Waals surface area contributed by atoms with Crippen molar-refractivity contribution in [3.8, 4) is 5.75 Å². The number of hydrogen-bond donors (Lipinski definition) is 0. The highest BCUT2D eigenvalue weighted by atomic mass is 28.4. The van der Waals surface area contributed by atoms with Crippen molar-refractivity contribution in [2.24, 2.45) is 0 Å². The molecule has 0 aliphatic rings. The van der Waals surface area contributed by atoms with Gasteiger partial charge in [0.2, 0.25) is 0 Å². The minimum absolute atomic E-state index is 0.469. The summed E-state index contributed by atoms with van der Waals surface area (Å²) in [7, 11) is -1.95. The van der Waals surface area contributed by atoms with Crippen LogP contribution in [0.3, 0.4) is 0 Å². The fourth-order valence-electron chi connectivity index (χ4n) is 7.02. The first-order chi connectivity index (χ1) is 20.2. The van der Waals surface area contributed by atoms with Gasteiger partial charge in [0, 0.05) is 17.1 Å². The lowest BCUT2D eigenvalue weighted by Crippen LogP contribution is -2.50. The van der Waals surface area contributed by atoms with E-state index in [4.69, 9.17) is 4.43 Å². The van der Waals surface area contributed by atoms with E-state index in [-0.39, 0.29) is 0 Å². The van der Waals surface area contributed by atoms with Gasteiger partial charge in [0.15, 0.2) is 0 Å². The second-order valence-corrected chi connectivity index (χ2v) is 18.2. The van der Waals surface area contributed by atoms with Gasteiger partial charge in [-0.3, -0.25) is 0 Å². The van der Waals surface area contributed by atoms with Crippen molar-refractivity contribution in [2.45, 2.75) is 96.7 Å². The molecule has 222 valence electrons. The Morgan fingerprint density at radius 3 is 1.40 bits per heavy atom. The molecule has 0 saturated carbocycles. The van der Waals surface area contributed by atoms with Crippen LogP contribution in [-0.4, -0.2) is 8.32 Å². The fourth-order valence-corrected chi connectivity index (χ4v) is 12.3. The highest BCUT2D eigenvalue weighted by molar-refractivity contribution is 6.78. The molecule has 0 aliphatic carbocycles. The standard InChI is InChI=1S/C39H51NOSi/c1-9-33(28-32(8)34-22-26-39(27-23-34)41-42(29(2)3,30(4)5)31(6)7)35-20-24-38(25-21-35)40(36-16-12-10-13-17-36)37-18-14-11-15-19-37/h10-27,29-33H,9,28H2,1-8H3. The summed E-state index contributed by atoms with van der Waals surface area (Å²) in [4.78, 5) is 2.33. The molecular weight excluding hydrogens is 527 g/mol. The monoisotopic (exact) mass is 577 g/mol. The highest BCUT2D eigenvalue weighted by Gasteiger charge is 2.47. The van der Waals surface area contributed by atoms with Crippen molar-refractivity contribution < 1.29 is 4.43 Å². The van der Waals surface area contributed by atoms with Crippen LogP contribution in [0.4, 0.5) is 17.1 Å². The average Bonchev–Trinajstić information content (AvgIpc) is 3.00. The van der Waals surface area contributed by atoms with Crippen LogP contribution in [0, 0.1) is 0 Å². The largest absolute Gasteiger partial charge is 0.543 e. The zero-order valence-electron chi connectivity index (χ0n) is 27.0. The summed E-state index contributed by atoms with van der Waals surface area (Å²) >= 11 is 0. The number of benzene rings is 4. The zero-order valence-corrected chi connectivity index (χ0v) is 28.0. The molecule has 0 spiro atoms. The minimum Gasteiger partial charge on any atom is -0.543 e. The Bertz CT molecular complexity index is 1290. The van der Waals surface area contributed by atoms with Crippen molar-refractivity contribution >= 4 is 25.4 Å². The molecule has 4 aromatic carbocycles. The van der Waals surface area contributed by atoms with Gasteiger partial charge in [-0.25, -0.2) is 0 Å². The van der Waals surface area contributed by atoms with Crippen LogP contribution < -0.4 is 9.33 Å². The molecule has 4 aromatic rings. The lowest BCUT2D eigenvalue weighted by atomic mass is 9.84. The molecule has 0 radical (unpaired) electrons. The van der Waals surface area contributed by atoms with Gasteiger partial charge < -0.3 is 9.33 Å². The molecule has 0 heterocycles. The normalized spacial score (nSPS) is 13.4. The average molecular weight is 578 g/mol. The molecule has 2 unspecified atom stereocenters. The molecule has 42 heavy (non-hydrogen) atoms. The minimum atomic E-state index is -1.95. The molecule has 0 N–H and O–H groups in total. The van der Waals surface area contributed by atoms with Gasteiger partial charge in [-0.1, -0.05) is 116 Å². The molecule has 4 rings (SSSR count). The number of rotatable bonds is 13. The van der Waals surface area contributed by atoms with Crippen molar-refractivity contribution in [1.29, 1.82) is 0 Å². The van der Waals surface area contributed by atoms with E-state index in [2.05, 4.69) is 169 Å². The summed E-state index contributed by atoms with van der Waals surface area (Å²) in [5.74, 6) is 2.02. The third kappa shape index (κ3) is 7.01. The van der Waals surface area contributed by atoms with Gasteiger partial charge >= 0.3 is 0 Å². The third-order valence-corrected chi connectivity index (χ3v) is 15.2. The Morgan fingerprint density at radius 2 is 0.976 bits per heavy atom. The van der Waals surface area contributed by atoms with Crippen LogP contribution in [0.1, 0.15) is 91.2 Å². The molecule has 0 fully saturated rings. The van der Waals surface area contributed by atoms with Gasteiger partial charge in [0.1, 0.15) is 5.75 Å². The van der Waals surface area contributed by atoms with Crippen molar-refractivity contribution in [3.05, 3.63) is 120 Å². The second-order valence-electron chi connectivity index (χ2n) is 12.8. The van der Waals surface area contributed by atoms with E-state index in [0.717, 1.165) is 18.6 Å². The Kier molecular flexibility index (Phi) is 10.7. The molecule has 3 heteroatoms. The molecule has 0 aliphatic heterocycles. The summed E-state index contributed by atoms with van der Waals surface area (Å²) in [6, 6.07) is 39.5. The molecular formula is C39H51NOSi. The summed E-state index contributed by atoms with van der Waals surface area (Å²) in [5.41, 5.74) is 8.02. The van der Waals surface area contributed by atoms with Crippen LogP contribution >= 0.6 is 0 Å². The van der Waals surface area contributed by atoms with Crippen molar-refractivity contribution in [1.82, 2.24) is 0 Å². The van der Waals surface area contributed by atoms with E-state index < -0.39 is 8.32 Å². The van der Waals surface area contributed by atoms with Crippen LogP contribution in [0.25, 0.3) is 0 Å². The van der Waals surface area contributed by atoms with E-state index in [0.29, 0.717) is 28.5 Å². The van der Waals surface area contributed by atoms with Crippen LogP contribution in [0.15, 0.2) is 109 Å². The van der Waals surface area contributed by atoms with Gasteiger partial charge in [-0.15, -0.1) is 0 Å². The van der Waals surface area contributed by atoms with Crippen molar-refractivity contribution in [3.63, 3.8) is 0 Å². The Morgan fingerprint density at radius 1 is 0.548 bits per heavy atom. The first kappa shape index (κ1) is 31.6. The Hall–Kier alpha value is -3.30. The summed E-state index contributed by atoms with van der Waals surface area (Å²) in [6.45, 7) is 18.8. The summed E-state index contributed by atoms with van der Waals surface area (Å²) in [6.07, 6.45) is 2.25. The summed E-state index contributed by atoms with van der Waals surface area (Å²) in [5, 5.41) is 0. The summed E-state index contributed by atoms with van der Waals surface area (Å²) < 4.78 is 6.92. The Balaban J connectivity index is 1.49. The first-order valence-electron chi connectivity index (χ1n) is 16.0. The predicted octanol–water partition coefficient (Wildman–Crippen LogP) is 12.4. The maximum atomic E-state index is 6.92. The Labute approximate surface area is 256 Å².